The Bertz CT molecular complexity index is 221. The lowest BCUT2D eigenvalue weighted by atomic mass is 10.4. The van der Waals surface area contributed by atoms with Crippen LogP contribution in [0.2, 0.25) is 0 Å². The van der Waals surface area contributed by atoms with Crippen LogP contribution in [0, 0.1) is 0 Å². The van der Waals surface area contributed by atoms with Crippen LogP contribution in [0.4, 0.5) is 0 Å². The number of aliphatic carboxylic acids is 1. The van der Waals surface area contributed by atoms with Crippen molar-refractivity contribution in [1.82, 2.24) is 0 Å². The molecule has 0 aromatic carbocycles. The first-order valence-electron chi connectivity index (χ1n) is 3.22. The highest BCUT2D eigenvalue weighted by Crippen LogP contribution is 1.92. The van der Waals surface area contributed by atoms with Gasteiger partial charge in [0.15, 0.2) is 6.10 Å². The standard InChI is InChI=1S/C6H8O7/c7-2-3(8)6(12)13-5(11)1-4(9)10/h3,7-8H,1-2H2,(H,9,10). The number of aliphatic hydroxyl groups excluding tert-OH is 2. The third kappa shape index (κ3) is 4.88. The monoisotopic (exact) mass is 192 g/mol. The van der Waals surface area contributed by atoms with E-state index < -0.39 is 37.0 Å². The van der Waals surface area contributed by atoms with Crippen molar-refractivity contribution in [3.8, 4) is 0 Å². The molecule has 0 aliphatic heterocycles. The second-order valence-corrected chi connectivity index (χ2v) is 2.06. The molecule has 0 aliphatic rings. The van der Waals surface area contributed by atoms with E-state index in [1.54, 1.807) is 0 Å². The van der Waals surface area contributed by atoms with Gasteiger partial charge in [0, 0.05) is 0 Å². The number of carbonyl (C=O) groups excluding carboxylic acids is 2. The van der Waals surface area contributed by atoms with Crippen molar-refractivity contribution in [2.45, 2.75) is 12.5 Å². The predicted molar refractivity (Wildman–Crippen MR) is 36.4 cm³/mol. The van der Waals surface area contributed by atoms with E-state index in [-0.39, 0.29) is 0 Å². The zero-order chi connectivity index (χ0) is 10.4. The molecule has 1 atom stereocenters. The summed E-state index contributed by atoms with van der Waals surface area (Å²) in [5.41, 5.74) is 0. The molecule has 0 spiro atoms. The Morgan fingerprint density at radius 2 is 1.85 bits per heavy atom. The highest BCUT2D eigenvalue weighted by atomic mass is 16.6. The number of esters is 2. The van der Waals surface area contributed by atoms with Gasteiger partial charge >= 0.3 is 17.9 Å². The van der Waals surface area contributed by atoms with E-state index >= 15 is 0 Å². The summed E-state index contributed by atoms with van der Waals surface area (Å²) in [5, 5.41) is 24.9. The average molecular weight is 192 g/mol. The molecule has 0 radical (unpaired) electrons. The molecule has 7 nitrogen and oxygen atoms in total. The van der Waals surface area contributed by atoms with Gasteiger partial charge in [-0.1, -0.05) is 0 Å². The Hall–Kier alpha value is -1.47. The Kier molecular flexibility index (Phi) is 4.63. The molecule has 0 amide bonds. The molecule has 0 fully saturated rings. The Labute approximate surface area is 72.5 Å². The highest BCUT2D eigenvalue weighted by molar-refractivity contribution is 5.96. The maximum atomic E-state index is 10.5. The minimum atomic E-state index is -1.82. The lowest BCUT2D eigenvalue weighted by Crippen LogP contribution is -2.29. The van der Waals surface area contributed by atoms with Gasteiger partial charge in [-0.2, -0.15) is 0 Å². The SMILES string of the molecule is O=C(O)CC(=O)OC(=O)C(O)CO. The molecule has 0 aromatic heterocycles. The minimum absolute atomic E-state index is 0.890. The Morgan fingerprint density at radius 3 is 2.23 bits per heavy atom. The molecule has 74 valence electrons. The van der Waals surface area contributed by atoms with Crippen molar-refractivity contribution in [1.29, 1.82) is 0 Å². The van der Waals surface area contributed by atoms with Crippen LogP contribution in [0.3, 0.4) is 0 Å². The van der Waals surface area contributed by atoms with Gasteiger partial charge in [0.25, 0.3) is 0 Å². The first-order valence-corrected chi connectivity index (χ1v) is 3.22. The van der Waals surface area contributed by atoms with E-state index in [9.17, 15) is 14.4 Å². The molecular formula is C6H8O7. The Balaban J connectivity index is 3.92. The van der Waals surface area contributed by atoms with Crippen LogP contribution >= 0.6 is 0 Å². The molecule has 1 unspecified atom stereocenters. The van der Waals surface area contributed by atoms with Gasteiger partial charge in [-0.3, -0.25) is 9.59 Å². The average Bonchev–Trinajstić information content (AvgIpc) is 2.01. The van der Waals surface area contributed by atoms with Gasteiger partial charge < -0.3 is 20.1 Å². The van der Waals surface area contributed by atoms with Gasteiger partial charge in [0.05, 0.1) is 6.61 Å². The first kappa shape index (κ1) is 11.5. The summed E-state index contributed by atoms with van der Waals surface area (Å²) < 4.78 is 3.85. The molecule has 3 N–H and O–H groups in total. The summed E-state index contributed by atoms with van der Waals surface area (Å²) in [4.78, 5) is 30.9. The summed E-state index contributed by atoms with van der Waals surface area (Å²) >= 11 is 0. The number of carboxylic acid groups (broad SMARTS) is 1. The number of carboxylic acids is 1. The molecule has 7 heteroatoms. The second-order valence-electron chi connectivity index (χ2n) is 2.06. The lowest BCUT2D eigenvalue weighted by Gasteiger charge is -2.04. The maximum absolute atomic E-state index is 10.5. The van der Waals surface area contributed by atoms with Gasteiger partial charge in [0.2, 0.25) is 0 Å². The van der Waals surface area contributed by atoms with Crippen LogP contribution in [0.25, 0.3) is 0 Å². The van der Waals surface area contributed by atoms with E-state index in [1.165, 1.54) is 0 Å². The van der Waals surface area contributed by atoms with Crippen LogP contribution in [-0.4, -0.2) is 45.9 Å². The molecular weight excluding hydrogens is 184 g/mol. The van der Waals surface area contributed by atoms with E-state index in [4.69, 9.17) is 15.3 Å². The fourth-order valence-electron chi connectivity index (χ4n) is 0.414. The highest BCUT2D eigenvalue weighted by Gasteiger charge is 2.20. The van der Waals surface area contributed by atoms with Crippen LogP contribution in [-0.2, 0) is 19.1 Å². The summed E-state index contributed by atoms with van der Waals surface area (Å²) in [6.07, 6.45) is -2.79. The van der Waals surface area contributed by atoms with E-state index in [1.807, 2.05) is 0 Å². The van der Waals surface area contributed by atoms with E-state index in [0.29, 0.717) is 0 Å². The zero-order valence-electron chi connectivity index (χ0n) is 6.47. The second kappa shape index (κ2) is 5.22. The minimum Gasteiger partial charge on any atom is -0.481 e. The molecule has 0 bridgehead atoms. The zero-order valence-corrected chi connectivity index (χ0v) is 6.47. The quantitative estimate of drug-likeness (QED) is 0.344. The molecule has 13 heavy (non-hydrogen) atoms. The number of hydrogen-bond donors (Lipinski definition) is 3. The molecule has 0 saturated carbocycles. The van der Waals surface area contributed by atoms with Crippen LogP contribution in [0.1, 0.15) is 6.42 Å². The number of hydrogen-bond acceptors (Lipinski definition) is 6. The van der Waals surface area contributed by atoms with Crippen molar-refractivity contribution in [3.05, 3.63) is 0 Å². The summed E-state index contributed by atoms with van der Waals surface area (Å²) in [6.45, 7) is -0.890. The molecule has 0 aliphatic carbocycles. The van der Waals surface area contributed by atoms with Crippen molar-refractivity contribution in [2.75, 3.05) is 6.61 Å². The fourth-order valence-corrected chi connectivity index (χ4v) is 0.414. The number of carbonyl (C=O) groups is 3. The van der Waals surface area contributed by atoms with Crippen LogP contribution in [0.5, 0.6) is 0 Å². The van der Waals surface area contributed by atoms with Crippen molar-refractivity contribution >= 4 is 17.9 Å². The molecule has 0 saturated heterocycles. The third-order valence-corrected chi connectivity index (χ3v) is 0.955. The van der Waals surface area contributed by atoms with Gasteiger partial charge in [-0.25, -0.2) is 4.79 Å². The smallest absolute Gasteiger partial charge is 0.345 e. The Morgan fingerprint density at radius 1 is 1.31 bits per heavy atom. The molecule has 0 heterocycles. The third-order valence-electron chi connectivity index (χ3n) is 0.955. The van der Waals surface area contributed by atoms with Crippen molar-refractivity contribution in [2.24, 2.45) is 0 Å². The fraction of sp³-hybridized carbons (Fsp3) is 0.500. The molecule has 0 aromatic rings. The van der Waals surface area contributed by atoms with E-state index in [2.05, 4.69) is 4.74 Å². The summed E-state index contributed by atoms with van der Waals surface area (Å²) in [5.74, 6) is -4.10. The largest absolute Gasteiger partial charge is 0.481 e. The topological polar surface area (TPSA) is 121 Å². The van der Waals surface area contributed by atoms with Crippen molar-refractivity contribution in [3.63, 3.8) is 0 Å². The van der Waals surface area contributed by atoms with Gasteiger partial charge in [0.1, 0.15) is 6.42 Å². The van der Waals surface area contributed by atoms with Gasteiger partial charge in [-0.05, 0) is 0 Å². The number of aliphatic hydroxyl groups is 2. The van der Waals surface area contributed by atoms with Crippen LogP contribution < -0.4 is 0 Å². The van der Waals surface area contributed by atoms with Crippen LogP contribution in [0.15, 0.2) is 0 Å². The number of rotatable bonds is 4. The van der Waals surface area contributed by atoms with Gasteiger partial charge in [-0.15, -0.1) is 0 Å². The molecule has 0 rings (SSSR count). The normalized spacial score (nSPS) is 11.8. The summed E-state index contributed by atoms with van der Waals surface area (Å²) in [6, 6.07) is 0. The number of ether oxygens (including phenoxy) is 1. The van der Waals surface area contributed by atoms with Crippen molar-refractivity contribution < 1.29 is 34.4 Å². The predicted octanol–water partition coefficient (Wildman–Crippen LogP) is -2.12. The summed E-state index contributed by atoms with van der Waals surface area (Å²) in [7, 11) is 0. The first-order chi connectivity index (χ1) is 5.97. The lowest BCUT2D eigenvalue weighted by molar-refractivity contribution is -0.168. The maximum Gasteiger partial charge on any atom is 0.345 e. The van der Waals surface area contributed by atoms with E-state index in [0.717, 1.165) is 0 Å².